The van der Waals surface area contributed by atoms with Crippen molar-refractivity contribution in [2.75, 3.05) is 6.61 Å². The second-order valence-corrected chi connectivity index (χ2v) is 9.18. The van der Waals surface area contributed by atoms with Crippen LogP contribution in [-0.2, 0) is 23.7 Å². The number of rotatable bonds is 5. The minimum Gasteiger partial charge on any atom is -0.497 e. The number of ether oxygens (including phenoxy) is 4. The highest BCUT2D eigenvalue weighted by Gasteiger charge is 2.54. The Bertz CT molecular complexity index is 960. The van der Waals surface area contributed by atoms with E-state index in [1.807, 2.05) is 30.3 Å². The van der Waals surface area contributed by atoms with E-state index in [1.165, 1.54) is 0 Å². The van der Waals surface area contributed by atoms with Crippen LogP contribution in [0.4, 0.5) is 0 Å². The molecule has 1 saturated heterocycles. The number of carbonyl (C=O) groups is 1. The van der Waals surface area contributed by atoms with Gasteiger partial charge in [-0.05, 0) is 29.9 Å². The van der Waals surface area contributed by atoms with Crippen molar-refractivity contribution in [1.82, 2.24) is 0 Å². The summed E-state index contributed by atoms with van der Waals surface area (Å²) in [4.78, 5) is 12.0. The van der Waals surface area contributed by atoms with Crippen LogP contribution in [-0.4, -0.2) is 81.2 Å². The third kappa shape index (κ3) is 4.00. The predicted molar refractivity (Wildman–Crippen MR) is 114 cm³/mol. The Morgan fingerprint density at radius 3 is 2.44 bits per heavy atom. The standard InChI is InChI=1S/C24H28O10/c25-8-17-19(26)20(27)21(28)24(33-17)34-23-18-13(15(10-32-23)22(29)30)6-12-7-16(18)31-9-14(12)11-4-2-1-3-5-11/h1-5,9-10,12-13,16-21,23-28H,6-8H2,(H,29,30)/t12-,13+,16-,17+,18-,19+,20-,21+,23-,24-/m0/s1. The molecule has 2 fully saturated rings. The van der Waals surface area contributed by atoms with Crippen molar-refractivity contribution < 1.29 is 49.3 Å². The molecule has 1 saturated carbocycles. The third-order valence-electron chi connectivity index (χ3n) is 7.27. The molecule has 184 valence electrons. The molecule has 1 aliphatic carbocycles. The number of aliphatic hydroxyl groups is 4. The van der Waals surface area contributed by atoms with Gasteiger partial charge in [-0.25, -0.2) is 4.79 Å². The lowest BCUT2D eigenvalue weighted by molar-refractivity contribution is -0.346. The SMILES string of the molecule is O=C(O)C1=CO[C@@H](O[C@@H]2O[C@H](CO)[C@@H](O)[C@H](O)[C@H]2O)[C@@H]2[C@@H]3C[C@H](C[C@H]12)C(c1ccccc1)=CO3. The van der Waals surface area contributed by atoms with Gasteiger partial charge in [0.25, 0.3) is 0 Å². The number of hydrogen-bond donors (Lipinski definition) is 5. The molecule has 5 rings (SSSR count). The van der Waals surface area contributed by atoms with Gasteiger partial charge in [0.2, 0.25) is 6.29 Å². The van der Waals surface area contributed by atoms with E-state index in [0.717, 1.165) is 17.4 Å². The Balaban J connectivity index is 1.41. The number of fused-ring (bicyclic) bond motifs is 4. The summed E-state index contributed by atoms with van der Waals surface area (Å²) in [6, 6.07) is 9.79. The van der Waals surface area contributed by atoms with Gasteiger partial charge in [0, 0.05) is 5.92 Å². The van der Waals surface area contributed by atoms with E-state index in [2.05, 4.69) is 0 Å². The number of carboxylic acids is 1. The van der Waals surface area contributed by atoms with Crippen molar-refractivity contribution in [1.29, 1.82) is 0 Å². The summed E-state index contributed by atoms with van der Waals surface area (Å²) in [6.07, 6.45) is -4.65. The minimum atomic E-state index is -1.60. The quantitative estimate of drug-likeness (QED) is 0.398. The molecule has 0 aromatic heterocycles. The second kappa shape index (κ2) is 9.29. The van der Waals surface area contributed by atoms with E-state index >= 15 is 0 Å². The lowest BCUT2D eigenvalue weighted by Crippen LogP contribution is -2.61. The number of aliphatic hydroxyl groups excluding tert-OH is 4. The zero-order chi connectivity index (χ0) is 24.0. The van der Waals surface area contributed by atoms with Crippen molar-refractivity contribution in [2.24, 2.45) is 17.8 Å². The molecule has 3 aliphatic heterocycles. The summed E-state index contributed by atoms with van der Waals surface area (Å²) >= 11 is 0. The van der Waals surface area contributed by atoms with Crippen LogP contribution in [0.15, 0.2) is 48.4 Å². The lowest BCUT2D eigenvalue weighted by Gasteiger charge is -2.49. The molecule has 4 aliphatic rings. The maximum Gasteiger partial charge on any atom is 0.334 e. The van der Waals surface area contributed by atoms with Crippen LogP contribution in [0, 0.1) is 17.8 Å². The fraction of sp³-hybridized carbons (Fsp3) is 0.542. The molecule has 1 aromatic rings. The fourth-order valence-corrected chi connectivity index (χ4v) is 5.51. The molecule has 1 aromatic carbocycles. The highest BCUT2D eigenvalue weighted by atomic mass is 16.8. The monoisotopic (exact) mass is 476 g/mol. The molecular formula is C24H28O10. The predicted octanol–water partition coefficient (Wildman–Crippen LogP) is 0.210. The minimum absolute atomic E-state index is 0.0798. The highest BCUT2D eigenvalue weighted by Crippen LogP contribution is 2.51. The summed E-state index contributed by atoms with van der Waals surface area (Å²) < 4.78 is 23.1. The van der Waals surface area contributed by atoms with Gasteiger partial charge in [0.1, 0.15) is 30.5 Å². The zero-order valence-corrected chi connectivity index (χ0v) is 18.2. The molecule has 0 spiro atoms. The normalized spacial score (nSPS) is 41.3. The highest BCUT2D eigenvalue weighted by molar-refractivity contribution is 5.87. The molecule has 3 heterocycles. The number of carboxylic acid groups (broad SMARTS) is 1. The van der Waals surface area contributed by atoms with Crippen molar-refractivity contribution in [2.45, 2.75) is 55.9 Å². The maximum absolute atomic E-state index is 12.0. The van der Waals surface area contributed by atoms with E-state index < -0.39 is 67.5 Å². The summed E-state index contributed by atoms with van der Waals surface area (Å²) in [6.45, 7) is -0.591. The van der Waals surface area contributed by atoms with Gasteiger partial charge in [0.15, 0.2) is 6.29 Å². The van der Waals surface area contributed by atoms with Gasteiger partial charge in [-0.2, -0.15) is 0 Å². The molecule has 10 heteroatoms. The van der Waals surface area contributed by atoms with E-state index in [9.17, 15) is 30.3 Å². The van der Waals surface area contributed by atoms with Gasteiger partial charge >= 0.3 is 5.97 Å². The first-order valence-corrected chi connectivity index (χ1v) is 11.3. The largest absolute Gasteiger partial charge is 0.497 e. The smallest absolute Gasteiger partial charge is 0.334 e. The number of hydrogen-bond acceptors (Lipinski definition) is 9. The first-order valence-electron chi connectivity index (χ1n) is 11.3. The maximum atomic E-state index is 12.0. The average Bonchev–Trinajstić information content (AvgIpc) is 2.84. The Kier molecular flexibility index (Phi) is 6.36. The molecule has 2 bridgehead atoms. The topological polar surface area (TPSA) is 155 Å². The van der Waals surface area contributed by atoms with Gasteiger partial charge in [0.05, 0.1) is 30.6 Å². The van der Waals surface area contributed by atoms with Crippen molar-refractivity contribution in [3.05, 3.63) is 54.0 Å². The third-order valence-corrected chi connectivity index (χ3v) is 7.27. The summed E-state index contributed by atoms with van der Waals surface area (Å²) in [7, 11) is 0. The zero-order valence-electron chi connectivity index (χ0n) is 18.2. The van der Waals surface area contributed by atoms with Crippen molar-refractivity contribution in [3.8, 4) is 0 Å². The van der Waals surface area contributed by atoms with Crippen LogP contribution >= 0.6 is 0 Å². The van der Waals surface area contributed by atoms with Crippen LogP contribution < -0.4 is 0 Å². The molecular weight excluding hydrogens is 448 g/mol. The summed E-state index contributed by atoms with van der Waals surface area (Å²) in [5.41, 5.74) is 2.15. The van der Waals surface area contributed by atoms with Crippen LogP contribution in [0.25, 0.3) is 5.57 Å². The van der Waals surface area contributed by atoms with E-state index in [4.69, 9.17) is 18.9 Å². The van der Waals surface area contributed by atoms with Crippen molar-refractivity contribution in [3.63, 3.8) is 0 Å². The van der Waals surface area contributed by atoms with Gasteiger partial charge in [-0.1, -0.05) is 30.3 Å². The van der Waals surface area contributed by atoms with Crippen LogP contribution in [0.2, 0.25) is 0 Å². The molecule has 0 unspecified atom stereocenters. The second-order valence-electron chi connectivity index (χ2n) is 9.18. The molecule has 10 nitrogen and oxygen atoms in total. The average molecular weight is 476 g/mol. The Morgan fingerprint density at radius 2 is 1.74 bits per heavy atom. The first kappa shape index (κ1) is 23.3. The van der Waals surface area contributed by atoms with Crippen LogP contribution in [0.5, 0.6) is 0 Å². The molecule has 10 atom stereocenters. The Morgan fingerprint density at radius 1 is 0.971 bits per heavy atom. The molecule has 0 radical (unpaired) electrons. The lowest BCUT2D eigenvalue weighted by atomic mass is 9.65. The Hall–Kier alpha value is -2.47. The number of benzene rings is 1. The van der Waals surface area contributed by atoms with Crippen LogP contribution in [0.1, 0.15) is 18.4 Å². The van der Waals surface area contributed by atoms with E-state index in [0.29, 0.717) is 12.8 Å². The van der Waals surface area contributed by atoms with Gasteiger partial charge < -0.3 is 44.5 Å². The van der Waals surface area contributed by atoms with E-state index in [-0.39, 0.29) is 11.5 Å². The first-order chi connectivity index (χ1) is 16.4. The summed E-state index contributed by atoms with van der Waals surface area (Å²) in [5.74, 6) is -1.98. The molecule has 0 amide bonds. The fourth-order valence-electron chi connectivity index (χ4n) is 5.51. The van der Waals surface area contributed by atoms with Crippen LogP contribution in [0.3, 0.4) is 0 Å². The number of allylic oxidation sites excluding steroid dienone is 1. The van der Waals surface area contributed by atoms with Crippen molar-refractivity contribution >= 4 is 11.5 Å². The molecule has 34 heavy (non-hydrogen) atoms. The number of aliphatic carboxylic acids is 1. The summed E-state index contributed by atoms with van der Waals surface area (Å²) in [5, 5.41) is 49.7. The van der Waals surface area contributed by atoms with Gasteiger partial charge in [-0.3, -0.25) is 0 Å². The Labute approximate surface area is 195 Å². The van der Waals surface area contributed by atoms with Gasteiger partial charge in [-0.15, -0.1) is 0 Å². The molecule has 5 N–H and O–H groups in total. The van der Waals surface area contributed by atoms with E-state index in [1.54, 1.807) is 6.26 Å².